The predicted octanol–water partition coefficient (Wildman–Crippen LogP) is 7.14. The van der Waals surface area contributed by atoms with Gasteiger partial charge in [0.1, 0.15) is 6.10 Å². The zero-order chi connectivity index (χ0) is 33.4. The van der Waals surface area contributed by atoms with E-state index >= 15 is 0 Å². The van der Waals surface area contributed by atoms with Crippen molar-refractivity contribution in [1.29, 1.82) is 0 Å². The van der Waals surface area contributed by atoms with Gasteiger partial charge in [-0.15, -0.1) is 0 Å². The SMILES string of the molecule is COc1ccc2c3c1O[C@H]1[C@H](N(CCCCc4ccccc4)C(=O)CCCCCc4ccccc4)CC[C@H]4[C@@H](C2)N(CC2CC2O)CC[C@@]341. The normalized spacial score (nSPS) is 29.2. The predicted molar refractivity (Wildman–Crippen MR) is 193 cm³/mol. The van der Waals surface area contributed by atoms with Crippen molar-refractivity contribution in [1.82, 2.24) is 9.80 Å². The molecule has 260 valence electrons. The number of unbranched alkanes of at least 4 members (excludes halogenated alkanes) is 3. The number of hydrogen-bond acceptors (Lipinski definition) is 5. The van der Waals surface area contributed by atoms with Gasteiger partial charge in [-0.05, 0) is 106 Å². The minimum absolute atomic E-state index is 0.0519. The van der Waals surface area contributed by atoms with Crippen molar-refractivity contribution in [3.05, 3.63) is 95.1 Å². The highest BCUT2D eigenvalue weighted by molar-refractivity contribution is 5.77. The van der Waals surface area contributed by atoms with Crippen molar-refractivity contribution in [2.45, 2.75) is 113 Å². The minimum Gasteiger partial charge on any atom is -0.493 e. The highest BCUT2D eigenvalue weighted by Gasteiger charge is 2.67. The van der Waals surface area contributed by atoms with Crippen molar-refractivity contribution in [2.24, 2.45) is 11.8 Å². The first-order valence-electron chi connectivity index (χ1n) is 19.2. The highest BCUT2D eigenvalue weighted by atomic mass is 16.5. The molecule has 3 fully saturated rings. The maximum Gasteiger partial charge on any atom is 0.222 e. The standard InChI is InChI=1S/C43H54N2O4/c1-48-38-23-20-32-27-36-34-21-22-35(42-43(34,40(32)41(38)49-42)24-26-44(36)29-33-28-37(33)46)45(25-12-11-18-31-15-7-3-8-16-31)39(47)19-10-4-9-17-30-13-5-2-6-14-30/h2-3,5-8,13-16,20,23,33-37,42,46H,4,9-12,17-19,21-22,24-29H2,1H3/t33?,34-,35+,36+,37?,42-,43-/m0/s1. The van der Waals surface area contributed by atoms with Gasteiger partial charge in [-0.2, -0.15) is 0 Å². The molecule has 3 aromatic carbocycles. The number of aryl methyl sites for hydroxylation is 2. The van der Waals surface area contributed by atoms with Gasteiger partial charge in [0.15, 0.2) is 11.5 Å². The van der Waals surface area contributed by atoms with Crippen LogP contribution in [0.2, 0.25) is 0 Å². The number of carbonyl (C=O) groups excluding carboxylic acids is 1. The molecule has 2 aliphatic heterocycles. The minimum atomic E-state index is -0.124. The molecule has 8 rings (SSSR count). The third-order valence-corrected chi connectivity index (χ3v) is 12.8. The molecule has 3 aliphatic carbocycles. The van der Waals surface area contributed by atoms with Crippen LogP contribution in [0.15, 0.2) is 72.8 Å². The number of carbonyl (C=O) groups is 1. The van der Waals surface area contributed by atoms with Crippen LogP contribution in [-0.4, -0.2) is 71.8 Å². The summed E-state index contributed by atoms with van der Waals surface area (Å²) in [6, 6.07) is 26.3. The highest BCUT2D eigenvalue weighted by Crippen LogP contribution is 2.64. The zero-order valence-electron chi connectivity index (χ0n) is 29.3. The summed E-state index contributed by atoms with van der Waals surface area (Å²) in [4.78, 5) is 19.4. The number of nitrogens with zero attached hydrogens (tertiary/aromatic N) is 2. The molecular formula is C43H54N2O4. The molecular weight excluding hydrogens is 608 g/mol. The molecule has 49 heavy (non-hydrogen) atoms. The van der Waals surface area contributed by atoms with Crippen LogP contribution in [0.25, 0.3) is 0 Å². The summed E-state index contributed by atoms with van der Waals surface area (Å²) in [5.41, 5.74) is 5.45. The molecule has 2 bridgehead atoms. The molecule has 6 nitrogen and oxygen atoms in total. The molecule has 1 spiro atoms. The first-order chi connectivity index (χ1) is 24.1. The van der Waals surface area contributed by atoms with Gasteiger partial charge >= 0.3 is 0 Å². The molecule has 1 saturated heterocycles. The Morgan fingerprint density at radius 3 is 2.35 bits per heavy atom. The van der Waals surface area contributed by atoms with E-state index < -0.39 is 0 Å². The van der Waals surface area contributed by atoms with Crippen molar-refractivity contribution in [2.75, 3.05) is 26.7 Å². The van der Waals surface area contributed by atoms with Crippen molar-refractivity contribution in [3.63, 3.8) is 0 Å². The second-order valence-electron chi connectivity index (χ2n) is 15.6. The van der Waals surface area contributed by atoms with Gasteiger partial charge < -0.3 is 19.5 Å². The van der Waals surface area contributed by atoms with Gasteiger partial charge in [-0.25, -0.2) is 0 Å². The van der Waals surface area contributed by atoms with Gasteiger partial charge in [-0.3, -0.25) is 9.69 Å². The van der Waals surface area contributed by atoms with Crippen LogP contribution in [-0.2, 0) is 29.5 Å². The summed E-state index contributed by atoms with van der Waals surface area (Å²) in [6.45, 7) is 2.82. The molecule has 6 heteroatoms. The van der Waals surface area contributed by atoms with Crippen LogP contribution < -0.4 is 9.47 Å². The largest absolute Gasteiger partial charge is 0.493 e. The topological polar surface area (TPSA) is 62.2 Å². The van der Waals surface area contributed by atoms with E-state index in [0.29, 0.717) is 30.2 Å². The third kappa shape index (κ3) is 6.29. The fraction of sp³-hybridized carbons (Fsp3) is 0.558. The van der Waals surface area contributed by atoms with E-state index in [2.05, 4.69) is 82.6 Å². The van der Waals surface area contributed by atoms with E-state index in [-0.39, 0.29) is 23.7 Å². The molecule has 3 aromatic rings. The molecule has 1 N–H and O–H groups in total. The van der Waals surface area contributed by atoms with Gasteiger partial charge in [0.2, 0.25) is 5.91 Å². The molecule has 2 heterocycles. The zero-order valence-corrected chi connectivity index (χ0v) is 29.3. The number of hydrogen-bond donors (Lipinski definition) is 1. The summed E-state index contributed by atoms with van der Waals surface area (Å²) < 4.78 is 13.1. The van der Waals surface area contributed by atoms with Crippen LogP contribution in [0.4, 0.5) is 0 Å². The van der Waals surface area contributed by atoms with Crippen LogP contribution in [0, 0.1) is 11.8 Å². The fourth-order valence-electron chi connectivity index (χ4n) is 10.3. The summed E-state index contributed by atoms with van der Waals surface area (Å²) >= 11 is 0. The first kappa shape index (κ1) is 32.8. The third-order valence-electron chi connectivity index (χ3n) is 12.8. The molecule has 7 atom stereocenters. The lowest BCUT2D eigenvalue weighted by Crippen LogP contribution is -2.69. The Hall–Kier alpha value is -3.35. The number of methoxy groups -OCH3 is 1. The smallest absolute Gasteiger partial charge is 0.222 e. The van der Waals surface area contributed by atoms with E-state index in [0.717, 1.165) is 108 Å². The van der Waals surface area contributed by atoms with E-state index in [1.807, 2.05) is 0 Å². The molecule has 0 aromatic heterocycles. The fourth-order valence-corrected chi connectivity index (χ4v) is 10.3. The number of benzene rings is 3. The van der Waals surface area contributed by atoms with Gasteiger partial charge in [0, 0.05) is 42.4 Å². The van der Waals surface area contributed by atoms with Crippen molar-refractivity contribution >= 4 is 5.91 Å². The summed E-state index contributed by atoms with van der Waals surface area (Å²) in [6.07, 6.45) is 12.8. The molecule has 0 radical (unpaired) electrons. The van der Waals surface area contributed by atoms with Gasteiger partial charge in [0.25, 0.3) is 0 Å². The number of piperidine rings is 1. The number of aliphatic hydroxyl groups is 1. The monoisotopic (exact) mass is 662 g/mol. The lowest BCUT2D eigenvalue weighted by Gasteiger charge is -2.60. The Labute approximate surface area is 292 Å². The van der Waals surface area contributed by atoms with Crippen LogP contribution in [0.3, 0.4) is 0 Å². The Bertz CT molecular complexity index is 1600. The van der Waals surface area contributed by atoms with Gasteiger partial charge in [-0.1, -0.05) is 73.2 Å². The van der Waals surface area contributed by atoms with Crippen molar-refractivity contribution in [3.8, 4) is 11.5 Å². The summed E-state index contributed by atoms with van der Waals surface area (Å²) in [5.74, 6) is 3.00. The number of ether oxygens (including phenoxy) is 2. The lowest BCUT2D eigenvalue weighted by atomic mass is 9.51. The summed E-state index contributed by atoms with van der Waals surface area (Å²) in [7, 11) is 1.76. The Morgan fingerprint density at radius 1 is 0.939 bits per heavy atom. The second-order valence-corrected chi connectivity index (χ2v) is 15.6. The second kappa shape index (κ2) is 14.1. The lowest BCUT2D eigenvalue weighted by molar-refractivity contribution is -0.143. The molecule has 1 amide bonds. The molecule has 5 aliphatic rings. The Kier molecular flexibility index (Phi) is 9.45. The van der Waals surface area contributed by atoms with E-state index in [4.69, 9.17) is 9.47 Å². The van der Waals surface area contributed by atoms with Gasteiger partial charge in [0.05, 0.1) is 19.3 Å². The van der Waals surface area contributed by atoms with E-state index in [1.165, 1.54) is 22.3 Å². The molecule has 2 saturated carbocycles. The van der Waals surface area contributed by atoms with Crippen LogP contribution in [0.5, 0.6) is 11.5 Å². The average molecular weight is 663 g/mol. The number of likely N-dealkylation sites (tertiary alicyclic amines) is 1. The van der Waals surface area contributed by atoms with E-state index in [1.54, 1.807) is 7.11 Å². The number of aliphatic hydroxyl groups excluding tert-OH is 1. The Morgan fingerprint density at radius 2 is 1.65 bits per heavy atom. The molecule has 2 unspecified atom stereocenters. The van der Waals surface area contributed by atoms with E-state index in [9.17, 15) is 9.90 Å². The van der Waals surface area contributed by atoms with Crippen LogP contribution in [0.1, 0.15) is 86.5 Å². The first-order valence-corrected chi connectivity index (χ1v) is 19.2. The maximum atomic E-state index is 14.4. The quantitative estimate of drug-likeness (QED) is 0.175. The average Bonchev–Trinajstić information content (AvgIpc) is 3.71. The van der Waals surface area contributed by atoms with Crippen LogP contribution >= 0.6 is 0 Å². The maximum absolute atomic E-state index is 14.4. The Balaban J connectivity index is 1.03. The summed E-state index contributed by atoms with van der Waals surface area (Å²) in [5, 5.41) is 10.2. The van der Waals surface area contributed by atoms with Crippen molar-refractivity contribution < 1.29 is 19.4 Å². The number of rotatable bonds is 15. The number of amides is 1.